The number of carbonyl (C=O) groups excluding carboxylic acids is 1. The van der Waals surface area contributed by atoms with Crippen molar-refractivity contribution in [3.8, 4) is 11.4 Å². The van der Waals surface area contributed by atoms with Crippen molar-refractivity contribution >= 4 is 39.3 Å². The lowest BCUT2D eigenvalue weighted by Gasteiger charge is -2.11. The van der Waals surface area contributed by atoms with E-state index in [4.69, 9.17) is 4.74 Å². The van der Waals surface area contributed by atoms with Crippen LogP contribution in [0.3, 0.4) is 0 Å². The third-order valence-electron chi connectivity index (χ3n) is 3.31. The van der Waals surface area contributed by atoms with Gasteiger partial charge in [-0.1, -0.05) is 39.8 Å². The maximum atomic E-state index is 12.3. The number of benzene rings is 2. The molecule has 0 saturated carbocycles. The molecule has 0 saturated heterocycles. The van der Waals surface area contributed by atoms with E-state index >= 15 is 0 Å². The number of carbonyl (C=O) groups is 1. The molecule has 2 aromatic carbocycles. The van der Waals surface area contributed by atoms with Crippen molar-refractivity contribution < 1.29 is 9.53 Å². The quantitative estimate of drug-likeness (QED) is 0.573. The van der Waals surface area contributed by atoms with E-state index in [2.05, 4.69) is 36.8 Å². The first-order valence-corrected chi connectivity index (χ1v) is 9.64. The zero-order chi connectivity index (χ0) is 18.4. The molecule has 7 nitrogen and oxygen atoms in total. The molecule has 0 unspecified atom stereocenters. The van der Waals surface area contributed by atoms with E-state index in [9.17, 15) is 4.79 Å². The Morgan fingerprint density at radius 1 is 1.23 bits per heavy atom. The standard InChI is InChI=1S/C17H16BrN5O2S/c1-2-25-15-6-4-3-5-14(15)19-16(24)11-26-17-20-21-22-23(17)13-9-7-12(18)8-10-13/h3-10H,2,11H2,1H3,(H,19,24). The molecular weight excluding hydrogens is 418 g/mol. The van der Waals surface area contributed by atoms with Crippen molar-refractivity contribution in [2.75, 3.05) is 17.7 Å². The van der Waals surface area contributed by atoms with Crippen LogP contribution in [-0.2, 0) is 4.79 Å². The number of tetrazole rings is 1. The average Bonchev–Trinajstić information content (AvgIpc) is 3.11. The highest BCUT2D eigenvalue weighted by Crippen LogP contribution is 2.25. The highest BCUT2D eigenvalue weighted by atomic mass is 79.9. The molecule has 1 aromatic heterocycles. The molecule has 0 aliphatic rings. The van der Waals surface area contributed by atoms with Crippen LogP contribution in [0.25, 0.3) is 5.69 Å². The Kier molecular flexibility index (Phi) is 6.24. The van der Waals surface area contributed by atoms with Gasteiger partial charge >= 0.3 is 0 Å². The van der Waals surface area contributed by atoms with Gasteiger partial charge in [0.25, 0.3) is 0 Å². The van der Waals surface area contributed by atoms with Crippen molar-refractivity contribution in [2.45, 2.75) is 12.1 Å². The van der Waals surface area contributed by atoms with Gasteiger partial charge < -0.3 is 10.1 Å². The van der Waals surface area contributed by atoms with Crippen molar-refractivity contribution in [1.29, 1.82) is 0 Å². The number of halogens is 1. The molecule has 0 spiro atoms. The first-order chi connectivity index (χ1) is 12.7. The first kappa shape index (κ1) is 18.4. The zero-order valence-corrected chi connectivity index (χ0v) is 16.3. The lowest BCUT2D eigenvalue weighted by Crippen LogP contribution is -2.15. The molecule has 0 atom stereocenters. The summed E-state index contributed by atoms with van der Waals surface area (Å²) in [7, 11) is 0. The van der Waals surface area contributed by atoms with Gasteiger partial charge in [0.2, 0.25) is 11.1 Å². The number of para-hydroxylation sites is 2. The van der Waals surface area contributed by atoms with Gasteiger partial charge in [0.05, 0.1) is 23.7 Å². The van der Waals surface area contributed by atoms with E-state index < -0.39 is 0 Å². The van der Waals surface area contributed by atoms with Crippen LogP contribution in [0, 0.1) is 0 Å². The largest absolute Gasteiger partial charge is 0.492 e. The number of ether oxygens (including phenoxy) is 1. The number of aromatic nitrogens is 4. The molecule has 3 rings (SSSR count). The zero-order valence-electron chi connectivity index (χ0n) is 13.9. The summed E-state index contributed by atoms with van der Waals surface area (Å²) in [5.74, 6) is 0.665. The molecule has 1 N–H and O–H groups in total. The van der Waals surface area contributed by atoms with Crippen LogP contribution in [0.2, 0.25) is 0 Å². The van der Waals surface area contributed by atoms with Gasteiger partial charge in [-0.3, -0.25) is 4.79 Å². The molecule has 26 heavy (non-hydrogen) atoms. The summed E-state index contributed by atoms with van der Waals surface area (Å²) in [4.78, 5) is 12.3. The molecule has 9 heteroatoms. The Labute approximate surface area is 163 Å². The number of rotatable bonds is 7. The van der Waals surface area contributed by atoms with Crippen LogP contribution in [0.4, 0.5) is 5.69 Å². The minimum absolute atomic E-state index is 0.160. The highest BCUT2D eigenvalue weighted by molar-refractivity contribution is 9.10. The Morgan fingerprint density at radius 2 is 2.00 bits per heavy atom. The fourth-order valence-corrected chi connectivity index (χ4v) is 3.14. The smallest absolute Gasteiger partial charge is 0.234 e. The monoisotopic (exact) mass is 433 g/mol. The molecule has 0 aliphatic carbocycles. The van der Waals surface area contributed by atoms with Crippen molar-refractivity contribution in [1.82, 2.24) is 20.2 Å². The van der Waals surface area contributed by atoms with Crippen LogP contribution in [0.15, 0.2) is 58.2 Å². The second-order valence-corrected chi connectivity index (χ2v) is 6.97. The summed E-state index contributed by atoms with van der Waals surface area (Å²) in [6, 6.07) is 14.9. The molecule has 0 radical (unpaired) electrons. The minimum atomic E-state index is -0.160. The number of hydrogen-bond donors (Lipinski definition) is 1. The van der Waals surface area contributed by atoms with Crippen LogP contribution in [-0.4, -0.2) is 38.5 Å². The number of anilines is 1. The van der Waals surface area contributed by atoms with Gasteiger partial charge in [0.1, 0.15) is 5.75 Å². The summed E-state index contributed by atoms with van der Waals surface area (Å²) in [5.41, 5.74) is 1.47. The molecule has 3 aromatic rings. The van der Waals surface area contributed by atoms with Gasteiger partial charge in [-0.05, 0) is 53.7 Å². The van der Waals surface area contributed by atoms with Crippen LogP contribution < -0.4 is 10.1 Å². The van der Waals surface area contributed by atoms with E-state index in [0.717, 1.165) is 10.2 Å². The molecule has 1 heterocycles. The third kappa shape index (κ3) is 4.61. The van der Waals surface area contributed by atoms with E-state index in [0.29, 0.717) is 23.2 Å². The number of nitrogens with zero attached hydrogens (tertiary/aromatic N) is 4. The molecule has 134 valence electrons. The van der Waals surface area contributed by atoms with E-state index in [1.807, 2.05) is 49.4 Å². The predicted molar refractivity (Wildman–Crippen MR) is 104 cm³/mol. The fraction of sp³-hybridized carbons (Fsp3) is 0.176. The van der Waals surface area contributed by atoms with Crippen molar-refractivity contribution in [3.63, 3.8) is 0 Å². The maximum absolute atomic E-state index is 12.3. The predicted octanol–water partition coefficient (Wildman–Crippen LogP) is 3.55. The third-order valence-corrected chi connectivity index (χ3v) is 4.75. The Morgan fingerprint density at radius 3 is 2.77 bits per heavy atom. The SMILES string of the molecule is CCOc1ccccc1NC(=O)CSc1nnnn1-c1ccc(Br)cc1. The molecule has 1 amide bonds. The summed E-state index contributed by atoms with van der Waals surface area (Å²) >= 11 is 4.66. The second-order valence-electron chi connectivity index (χ2n) is 5.12. The summed E-state index contributed by atoms with van der Waals surface area (Å²) in [6.07, 6.45) is 0. The van der Waals surface area contributed by atoms with Gasteiger partial charge in [-0.2, -0.15) is 4.68 Å². The normalized spacial score (nSPS) is 10.5. The lowest BCUT2D eigenvalue weighted by molar-refractivity contribution is -0.113. The number of amides is 1. The highest BCUT2D eigenvalue weighted by Gasteiger charge is 2.13. The van der Waals surface area contributed by atoms with Gasteiger partial charge in [-0.25, -0.2) is 0 Å². The van der Waals surface area contributed by atoms with Crippen LogP contribution >= 0.6 is 27.7 Å². The van der Waals surface area contributed by atoms with Crippen LogP contribution in [0.5, 0.6) is 5.75 Å². The number of thioether (sulfide) groups is 1. The topological polar surface area (TPSA) is 81.9 Å². The summed E-state index contributed by atoms with van der Waals surface area (Å²) in [6.45, 7) is 2.43. The number of nitrogens with one attached hydrogen (secondary N) is 1. The van der Waals surface area contributed by atoms with Crippen molar-refractivity contribution in [3.05, 3.63) is 53.0 Å². The second kappa shape index (κ2) is 8.81. The average molecular weight is 434 g/mol. The van der Waals surface area contributed by atoms with Crippen molar-refractivity contribution in [2.24, 2.45) is 0 Å². The van der Waals surface area contributed by atoms with E-state index in [1.54, 1.807) is 10.7 Å². The first-order valence-electron chi connectivity index (χ1n) is 7.86. The van der Waals surface area contributed by atoms with Crippen LogP contribution in [0.1, 0.15) is 6.92 Å². The van der Waals surface area contributed by atoms with Gasteiger partial charge in [0, 0.05) is 4.47 Å². The molecule has 0 aliphatic heterocycles. The summed E-state index contributed by atoms with van der Waals surface area (Å²) < 4.78 is 8.08. The Hall–Kier alpha value is -2.39. The lowest BCUT2D eigenvalue weighted by atomic mass is 10.3. The molecule has 0 fully saturated rings. The Balaban J connectivity index is 1.64. The van der Waals surface area contributed by atoms with E-state index in [-0.39, 0.29) is 11.7 Å². The van der Waals surface area contributed by atoms with E-state index in [1.165, 1.54) is 11.8 Å². The summed E-state index contributed by atoms with van der Waals surface area (Å²) in [5, 5.41) is 15.1. The van der Waals surface area contributed by atoms with Gasteiger partial charge in [-0.15, -0.1) is 5.10 Å². The molecule has 0 bridgehead atoms. The maximum Gasteiger partial charge on any atom is 0.234 e. The van der Waals surface area contributed by atoms with Gasteiger partial charge in [0.15, 0.2) is 0 Å². The minimum Gasteiger partial charge on any atom is -0.492 e. The molecular formula is C17H16BrN5O2S. The fourth-order valence-electron chi connectivity index (χ4n) is 2.18. The number of hydrogen-bond acceptors (Lipinski definition) is 6. The Bertz CT molecular complexity index is 885.